The topological polar surface area (TPSA) is 36.4 Å². The van der Waals surface area contributed by atoms with E-state index >= 15 is 0 Å². The van der Waals surface area contributed by atoms with Crippen LogP contribution in [0.1, 0.15) is 20.1 Å². The van der Waals surface area contributed by atoms with Crippen LogP contribution in [0.5, 0.6) is 0 Å². The summed E-state index contributed by atoms with van der Waals surface area (Å²) in [5, 5.41) is 3.05. The van der Waals surface area contributed by atoms with Gasteiger partial charge in [0.15, 0.2) is 5.13 Å². The second-order valence-corrected chi connectivity index (χ2v) is 7.25. The lowest BCUT2D eigenvalue weighted by Gasteiger charge is -2.34. The van der Waals surface area contributed by atoms with E-state index in [4.69, 9.17) is 0 Å². The third-order valence-electron chi connectivity index (χ3n) is 3.53. The molecule has 1 fully saturated rings. The average molecular weight is 307 g/mol. The summed E-state index contributed by atoms with van der Waals surface area (Å²) in [5.41, 5.74) is 0.871. The molecule has 0 saturated carbocycles. The number of amides is 1. The molecule has 0 unspecified atom stereocenters. The molecule has 0 radical (unpaired) electrons. The number of thiophene rings is 1. The number of piperazine rings is 1. The van der Waals surface area contributed by atoms with Gasteiger partial charge < -0.3 is 9.80 Å². The molecule has 1 aliphatic rings. The second-order valence-electron chi connectivity index (χ2n) is 4.92. The van der Waals surface area contributed by atoms with Crippen LogP contribution in [-0.4, -0.2) is 42.0 Å². The molecule has 1 aliphatic heterocycles. The fraction of sp³-hybridized carbons (Fsp3) is 0.429. The number of rotatable bonds is 2. The minimum atomic E-state index is 0.172. The van der Waals surface area contributed by atoms with Crippen molar-refractivity contribution in [2.24, 2.45) is 0 Å². The van der Waals surface area contributed by atoms with Gasteiger partial charge >= 0.3 is 0 Å². The third kappa shape index (κ3) is 2.58. The van der Waals surface area contributed by atoms with E-state index in [1.807, 2.05) is 29.5 Å². The summed E-state index contributed by atoms with van der Waals surface area (Å²) in [6.07, 6.45) is 1.83. The molecule has 6 heteroatoms. The molecule has 0 aliphatic carbocycles. The van der Waals surface area contributed by atoms with Crippen molar-refractivity contribution in [3.05, 3.63) is 33.0 Å². The van der Waals surface area contributed by atoms with Crippen LogP contribution in [0.15, 0.2) is 17.6 Å². The van der Waals surface area contributed by atoms with Crippen molar-refractivity contribution in [2.45, 2.75) is 13.8 Å². The highest BCUT2D eigenvalue weighted by Gasteiger charge is 2.24. The van der Waals surface area contributed by atoms with Crippen LogP contribution < -0.4 is 4.90 Å². The highest BCUT2D eigenvalue weighted by Crippen LogP contribution is 2.24. The number of thiazole rings is 1. The fourth-order valence-electron chi connectivity index (χ4n) is 2.49. The van der Waals surface area contributed by atoms with Gasteiger partial charge in [0.1, 0.15) is 0 Å². The summed E-state index contributed by atoms with van der Waals surface area (Å²) in [6.45, 7) is 7.34. The molecular formula is C14H17N3OS2. The second kappa shape index (κ2) is 5.54. The molecular weight excluding hydrogens is 290 g/mol. The first-order valence-corrected chi connectivity index (χ1v) is 8.35. The molecule has 20 heavy (non-hydrogen) atoms. The normalized spacial score (nSPS) is 15.7. The molecule has 0 N–H and O–H groups in total. The van der Waals surface area contributed by atoms with Gasteiger partial charge in [0, 0.05) is 47.5 Å². The smallest absolute Gasteiger partial charge is 0.255 e. The number of aryl methyl sites for hydroxylation is 2. The highest BCUT2D eigenvalue weighted by molar-refractivity contribution is 7.13. The van der Waals surface area contributed by atoms with Crippen LogP contribution in [0, 0.1) is 13.8 Å². The first-order chi connectivity index (χ1) is 9.65. The van der Waals surface area contributed by atoms with E-state index in [1.54, 1.807) is 22.7 Å². The molecule has 1 saturated heterocycles. The van der Waals surface area contributed by atoms with Crippen LogP contribution in [-0.2, 0) is 0 Å². The quantitative estimate of drug-likeness (QED) is 0.856. The average Bonchev–Trinajstić information content (AvgIpc) is 3.08. The molecule has 0 bridgehead atoms. The molecule has 106 valence electrons. The summed E-state index contributed by atoms with van der Waals surface area (Å²) < 4.78 is 0. The zero-order valence-corrected chi connectivity index (χ0v) is 13.3. The zero-order chi connectivity index (χ0) is 14.1. The molecule has 4 nitrogen and oxygen atoms in total. The maximum absolute atomic E-state index is 12.5. The van der Waals surface area contributed by atoms with Gasteiger partial charge in [-0.3, -0.25) is 4.79 Å². The molecule has 2 aromatic rings. The number of carbonyl (C=O) groups excluding carboxylic acids is 1. The summed E-state index contributed by atoms with van der Waals surface area (Å²) in [7, 11) is 0. The van der Waals surface area contributed by atoms with E-state index in [1.165, 1.54) is 4.88 Å². The Morgan fingerprint density at radius 3 is 2.55 bits per heavy atom. The van der Waals surface area contributed by atoms with Gasteiger partial charge in [-0.1, -0.05) is 0 Å². The minimum absolute atomic E-state index is 0.172. The maximum Gasteiger partial charge on any atom is 0.255 e. The summed E-state index contributed by atoms with van der Waals surface area (Å²) in [6, 6.07) is 2.01. The number of hydrogen-bond donors (Lipinski definition) is 0. The van der Waals surface area contributed by atoms with E-state index < -0.39 is 0 Å². The van der Waals surface area contributed by atoms with Gasteiger partial charge in [0.05, 0.1) is 5.56 Å². The van der Waals surface area contributed by atoms with Gasteiger partial charge in [0.25, 0.3) is 5.91 Å². The number of nitrogens with zero attached hydrogens (tertiary/aromatic N) is 3. The van der Waals surface area contributed by atoms with Crippen molar-refractivity contribution in [1.29, 1.82) is 0 Å². The molecule has 2 aromatic heterocycles. The SMILES string of the molecule is Cc1cc(C(=O)N2CCN(c3nccs3)CC2)c(C)s1. The Morgan fingerprint density at radius 1 is 1.25 bits per heavy atom. The van der Waals surface area contributed by atoms with Gasteiger partial charge in [-0.15, -0.1) is 22.7 Å². The van der Waals surface area contributed by atoms with E-state index in [-0.39, 0.29) is 5.91 Å². The molecule has 3 heterocycles. The predicted octanol–water partition coefficient (Wildman–Crippen LogP) is 2.78. The summed E-state index contributed by atoms with van der Waals surface area (Å²) >= 11 is 3.35. The number of aromatic nitrogens is 1. The Hall–Kier alpha value is -1.40. The zero-order valence-electron chi connectivity index (χ0n) is 11.6. The van der Waals surface area contributed by atoms with Crippen LogP contribution in [0.2, 0.25) is 0 Å². The Balaban J connectivity index is 1.66. The Bertz CT molecular complexity index is 598. The van der Waals surface area contributed by atoms with Crippen molar-refractivity contribution < 1.29 is 4.79 Å². The summed E-state index contributed by atoms with van der Waals surface area (Å²) in [5.74, 6) is 0.172. The monoisotopic (exact) mass is 307 g/mol. The van der Waals surface area contributed by atoms with Gasteiger partial charge in [0.2, 0.25) is 0 Å². The first kappa shape index (κ1) is 13.6. The van der Waals surface area contributed by atoms with Crippen molar-refractivity contribution in [2.75, 3.05) is 31.1 Å². The van der Waals surface area contributed by atoms with Crippen LogP contribution >= 0.6 is 22.7 Å². The predicted molar refractivity (Wildman–Crippen MR) is 84.0 cm³/mol. The van der Waals surface area contributed by atoms with E-state index in [9.17, 15) is 4.79 Å². The number of carbonyl (C=O) groups is 1. The molecule has 0 aromatic carbocycles. The lowest BCUT2D eigenvalue weighted by molar-refractivity contribution is 0.0746. The highest BCUT2D eigenvalue weighted by atomic mass is 32.1. The Kier molecular flexibility index (Phi) is 3.76. The molecule has 1 amide bonds. The Morgan fingerprint density at radius 2 is 2.00 bits per heavy atom. The van der Waals surface area contributed by atoms with Crippen LogP contribution in [0.3, 0.4) is 0 Å². The fourth-order valence-corrected chi connectivity index (χ4v) is 4.10. The number of hydrogen-bond acceptors (Lipinski definition) is 5. The third-order valence-corrected chi connectivity index (χ3v) is 5.33. The van der Waals surface area contributed by atoms with Crippen molar-refractivity contribution in [3.8, 4) is 0 Å². The van der Waals surface area contributed by atoms with Crippen molar-refractivity contribution in [1.82, 2.24) is 9.88 Å². The molecule has 3 rings (SSSR count). The number of anilines is 1. The van der Waals surface area contributed by atoms with Crippen molar-refractivity contribution in [3.63, 3.8) is 0 Å². The Labute approximate surface area is 126 Å². The van der Waals surface area contributed by atoms with Gasteiger partial charge in [-0.05, 0) is 19.9 Å². The largest absolute Gasteiger partial charge is 0.345 e. The lowest BCUT2D eigenvalue weighted by Crippen LogP contribution is -2.48. The maximum atomic E-state index is 12.5. The lowest BCUT2D eigenvalue weighted by atomic mass is 10.2. The van der Waals surface area contributed by atoms with E-state index in [0.29, 0.717) is 0 Å². The van der Waals surface area contributed by atoms with E-state index in [2.05, 4.69) is 16.8 Å². The molecule has 0 atom stereocenters. The van der Waals surface area contributed by atoms with Gasteiger partial charge in [-0.25, -0.2) is 4.98 Å². The minimum Gasteiger partial charge on any atom is -0.345 e. The van der Waals surface area contributed by atoms with Crippen LogP contribution in [0.4, 0.5) is 5.13 Å². The van der Waals surface area contributed by atoms with E-state index in [0.717, 1.165) is 41.8 Å². The van der Waals surface area contributed by atoms with Crippen molar-refractivity contribution >= 4 is 33.7 Å². The standard InChI is InChI=1S/C14H17N3OS2/c1-10-9-12(11(2)20-10)13(18)16-4-6-17(7-5-16)14-15-3-8-19-14/h3,8-9H,4-7H2,1-2H3. The summed E-state index contributed by atoms with van der Waals surface area (Å²) in [4.78, 5) is 23.4. The first-order valence-electron chi connectivity index (χ1n) is 6.66. The molecule has 0 spiro atoms. The van der Waals surface area contributed by atoms with Gasteiger partial charge in [-0.2, -0.15) is 0 Å². The van der Waals surface area contributed by atoms with Crippen LogP contribution in [0.25, 0.3) is 0 Å².